The molecular weight excluding hydrogens is 240 g/mol. The number of thiazole rings is 1. The lowest BCUT2D eigenvalue weighted by Gasteiger charge is -2.22. The molecule has 0 amide bonds. The molecule has 2 aromatic rings. The van der Waals surface area contributed by atoms with Crippen LogP contribution in [0.1, 0.15) is 37.3 Å². The Morgan fingerprint density at radius 2 is 2.06 bits per heavy atom. The van der Waals surface area contributed by atoms with Crippen LogP contribution in [0.25, 0.3) is 10.2 Å². The predicted octanol–water partition coefficient (Wildman–Crippen LogP) is 3.91. The number of benzene rings is 1. The van der Waals surface area contributed by atoms with E-state index in [0.717, 1.165) is 31.3 Å². The van der Waals surface area contributed by atoms with Gasteiger partial charge in [0.15, 0.2) is 0 Å². The van der Waals surface area contributed by atoms with Gasteiger partial charge in [0.2, 0.25) is 0 Å². The van der Waals surface area contributed by atoms with Gasteiger partial charge in [0.05, 0.1) is 15.2 Å². The van der Waals surface area contributed by atoms with Crippen molar-refractivity contribution >= 4 is 21.6 Å². The van der Waals surface area contributed by atoms with Crippen molar-refractivity contribution < 1.29 is 0 Å². The van der Waals surface area contributed by atoms with E-state index >= 15 is 0 Å². The molecule has 0 saturated heterocycles. The zero-order valence-electron chi connectivity index (χ0n) is 11.5. The van der Waals surface area contributed by atoms with E-state index in [1.54, 1.807) is 0 Å². The first-order chi connectivity index (χ1) is 8.50. The van der Waals surface area contributed by atoms with Crippen molar-refractivity contribution in [3.8, 4) is 0 Å². The van der Waals surface area contributed by atoms with Gasteiger partial charge >= 0.3 is 0 Å². The Bertz CT molecular complexity index is 528. The van der Waals surface area contributed by atoms with E-state index < -0.39 is 0 Å². The van der Waals surface area contributed by atoms with Crippen LogP contribution in [0, 0.1) is 12.3 Å². The minimum absolute atomic E-state index is 0.322. The van der Waals surface area contributed by atoms with Gasteiger partial charge in [-0.05, 0) is 55.8 Å². The molecule has 2 N–H and O–H groups in total. The summed E-state index contributed by atoms with van der Waals surface area (Å²) in [6, 6.07) is 6.50. The van der Waals surface area contributed by atoms with Crippen LogP contribution >= 0.6 is 11.3 Å². The van der Waals surface area contributed by atoms with Crippen LogP contribution in [-0.2, 0) is 6.42 Å². The molecule has 98 valence electrons. The maximum atomic E-state index is 5.65. The standard InChI is InChI=1S/C15H22N2S/c1-11-4-5-13-12(10-11)17-14(18-13)6-7-15(2,3)8-9-16/h4-5,10H,6-9,16H2,1-3H3. The molecule has 0 spiro atoms. The summed E-state index contributed by atoms with van der Waals surface area (Å²) in [6.07, 6.45) is 3.30. The van der Waals surface area contributed by atoms with Gasteiger partial charge in [0, 0.05) is 0 Å². The number of nitrogens with zero attached hydrogens (tertiary/aromatic N) is 1. The van der Waals surface area contributed by atoms with Crippen molar-refractivity contribution in [3.05, 3.63) is 28.8 Å². The topological polar surface area (TPSA) is 38.9 Å². The van der Waals surface area contributed by atoms with Crippen molar-refractivity contribution in [1.82, 2.24) is 4.98 Å². The largest absolute Gasteiger partial charge is 0.330 e. The zero-order valence-corrected chi connectivity index (χ0v) is 12.3. The summed E-state index contributed by atoms with van der Waals surface area (Å²) < 4.78 is 1.30. The molecule has 0 radical (unpaired) electrons. The first-order valence-corrected chi connectivity index (χ1v) is 7.38. The fraction of sp³-hybridized carbons (Fsp3) is 0.533. The lowest BCUT2D eigenvalue weighted by molar-refractivity contribution is 0.313. The maximum Gasteiger partial charge on any atom is 0.0938 e. The summed E-state index contributed by atoms with van der Waals surface area (Å²) in [6.45, 7) is 7.46. The molecule has 0 aliphatic rings. The molecule has 0 fully saturated rings. The van der Waals surface area contributed by atoms with E-state index in [0.29, 0.717) is 5.41 Å². The highest BCUT2D eigenvalue weighted by molar-refractivity contribution is 7.18. The Balaban J connectivity index is 2.08. The van der Waals surface area contributed by atoms with E-state index in [4.69, 9.17) is 10.7 Å². The number of nitrogens with two attached hydrogens (primary N) is 1. The van der Waals surface area contributed by atoms with Crippen molar-refractivity contribution in [2.75, 3.05) is 6.54 Å². The number of aromatic nitrogens is 1. The average molecular weight is 262 g/mol. The fourth-order valence-corrected chi connectivity index (χ4v) is 3.10. The number of fused-ring (bicyclic) bond motifs is 1. The van der Waals surface area contributed by atoms with E-state index in [2.05, 4.69) is 39.0 Å². The molecule has 18 heavy (non-hydrogen) atoms. The number of hydrogen-bond acceptors (Lipinski definition) is 3. The highest BCUT2D eigenvalue weighted by Gasteiger charge is 2.17. The van der Waals surface area contributed by atoms with Gasteiger partial charge in [0.1, 0.15) is 0 Å². The number of hydrogen-bond donors (Lipinski definition) is 1. The van der Waals surface area contributed by atoms with Gasteiger partial charge in [-0.1, -0.05) is 19.9 Å². The van der Waals surface area contributed by atoms with Gasteiger partial charge in [-0.25, -0.2) is 4.98 Å². The molecule has 1 heterocycles. The van der Waals surface area contributed by atoms with Crippen LogP contribution in [0.3, 0.4) is 0 Å². The van der Waals surface area contributed by atoms with E-state index in [9.17, 15) is 0 Å². The van der Waals surface area contributed by atoms with Crippen molar-refractivity contribution in [2.45, 2.75) is 40.0 Å². The summed E-state index contributed by atoms with van der Waals surface area (Å²) in [5.41, 5.74) is 8.40. The summed E-state index contributed by atoms with van der Waals surface area (Å²) in [5, 5.41) is 1.25. The molecule has 2 nitrogen and oxygen atoms in total. The monoisotopic (exact) mass is 262 g/mol. The minimum atomic E-state index is 0.322. The lowest BCUT2D eigenvalue weighted by Crippen LogP contribution is -2.17. The van der Waals surface area contributed by atoms with Gasteiger partial charge in [0.25, 0.3) is 0 Å². The van der Waals surface area contributed by atoms with E-state index in [1.165, 1.54) is 15.3 Å². The predicted molar refractivity (Wildman–Crippen MR) is 80.1 cm³/mol. The fourth-order valence-electron chi connectivity index (χ4n) is 2.15. The molecule has 0 atom stereocenters. The SMILES string of the molecule is Cc1ccc2sc(CCC(C)(C)CCN)nc2c1. The lowest BCUT2D eigenvalue weighted by atomic mass is 9.84. The molecule has 0 saturated carbocycles. The second-order valence-electron chi connectivity index (χ2n) is 5.78. The highest BCUT2D eigenvalue weighted by Crippen LogP contribution is 2.29. The Morgan fingerprint density at radius 3 is 2.78 bits per heavy atom. The van der Waals surface area contributed by atoms with Crippen LogP contribution in [0.15, 0.2) is 18.2 Å². The third-order valence-electron chi connectivity index (χ3n) is 3.42. The van der Waals surface area contributed by atoms with Gasteiger partial charge in [-0.3, -0.25) is 0 Å². The van der Waals surface area contributed by atoms with E-state index in [-0.39, 0.29) is 0 Å². The molecule has 0 aliphatic carbocycles. The Kier molecular flexibility index (Phi) is 4.03. The number of rotatable bonds is 5. The zero-order chi connectivity index (χ0) is 13.2. The molecular formula is C15H22N2S. The summed E-state index contributed by atoms with van der Waals surface area (Å²) in [5.74, 6) is 0. The van der Waals surface area contributed by atoms with E-state index in [1.807, 2.05) is 11.3 Å². The first kappa shape index (κ1) is 13.5. The maximum absolute atomic E-state index is 5.65. The Labute approximate surface area is 113 Å². The van der Waals surface area contributed by atoms with Gasteiger partial charge in [-0.2, -0.15) is 0 Å². The normalized spacial score (nSPS) is 12.2. The first-order valence-electron chi connectivity index (χ1n) is 6.56. The Hall–Kier alpha value is -0.930. The third kappa shape index (κ3) is 3.30. The molecule has 0 bridgehead atoms. The van der Waals surface area contributed by atoms with Gasteiger partial charge in [-0.15, -0.1) is 11.3 Å². The molecule has 1 aromatic heterocycles. The Morgan fingerprint density at radius 1 is 1.28 bits per heavy atom. The number of aryl methyl sites for hydroxylation is 2. The molecule has 3 heteroatoms. The third-order valence-corrected chi connectivity index (χ3v) is 4.52. The van der Waals surface area contributed by atoms with Crippen molar-refractivity contribution in [2.24, 2.45) is 11.1 Å². The summed E-state index contributed by atoms with van der Waals surface area (Å²) >= 11 is 1.82. The summed E-state index contributed by atoms with van der Waals surface area (Å²) in [4.78, 5) is 4.72. The van der Waals surface area contributed by atoms with Crippen LogP contribution in [-0.4, -0.2) is 11.5 Å². The van der Waals surface area contributed by atoms with Crippen molar-refractivity contribution in [3.63, 3.8) is 0 Å². The summed E-state index contributed by atoms with van der Waals surface area (Å²) in [7, 11) is 0. The smallest absolute Gasteiger partial charge is 0.0938 e. The second kappa shape index (κ2) is 5.37. The van der Waals surface area contributed by atoms with Crippen LogP contribution in [0.2, 0.25) is 0 Å². The molecule has 0 unspecified atom stereocenters. The van der Waals surface area contributed by atoms with Crippen LogP contribution < -0.4 is 5.73 Å². The minimum Gasteiger partial charge on any atom is -0.330 e. The van der Waals surface area contributed by atoms with Crippen molar-refractivity contribution in [1.29, 1.82) is 0 Å². The highest BCUT2D eigenvalue weighted by atomic mass is 32.1. The molecule has 0 aliphatic heterocycles. The van der Waals surface area contributed by atoms with Crippen LogP contribution in [0.4, 0.5) is 0 Å². The van der Waals surface area contributed by atoms with Gasteiger partial charge < -0.3 is 5.73 Å². The quantitative estimate of drug-likeness (QED) is 0.887. The van der Waals surface area contributed by atoms with Crippen LogP contribution in [0.5, 0.6) is 0 Å². The second-order valence-corrected chi connectivity index (χ2v) is 6.90. The molecule has 1 aromatic carbocycles. The average Bonchev–Trinajstić information content (AvgIpc) is 2.68. The molecule has 2 rings (SSSR count).